The van der Waals surface area contributed by atoms with Crippen LogP contribution in [-0.4, -0.2) is 28.1 Å². The highest BCUT2D eigenvalue weighted by molar-refractivity contribution is 7.08. The van der Waals surface area contributed by atoms with E-state index < -0.39 is 0 Å². The second-order valence-corrected chi connectivity index (χ2v) is 8.22. The molecule has 0 aliphatic heterocycles. The molecule has 34 heavy (non-hydrogen) atoms. The van der Waals surface area contributed by atoms with Gasteiger partial charge in [-0.2, -0.15) is 21.7 Å². The number of hydrogen-bond acceptors (Lipinski definition) is 6. The van der Waals surface area contributed by atoms with Crippen LogP contribution in [0, 0.1) is 11.3 Å². The molecule has 0 bridgehead atoms. The molecule has 4 N–H and O–H groups in total. The third-order valence-electron chi connectivity index (χ3n) is 5.19. The van der Waals surface area contributed by atoms with Crippen LogP contribution < -0.4 is 16.4 Å². The van der Waals surface area contributed by atoms with Gasteiger partial charge in [-0.05, 0) is 48.6 Å². The number of hydrogen-bond donors (Lipinski definition) is 3. The highest BCUT2D eigenvalue weighted by atomic mass is 32.1. The lowest BCUT2D eigenvalue weighted by Gasteiger charge is -2.11. The molecule has 2 aromatic heterocycles. The zero-order chi connectivity index (χ0) is 23.9. The topological polar surface area (TPSA) is 126 Å². The molecule has 0 saturated heterocycles. The van der Waals surface area contributed by atoms with Crippen molar-refractivity contribution in [3.8, 4) is 11.8 Å². The van der Waals surface area contributed by atoms with E-state index in [0.29, 0.717) is 53.3 Å². The largest absolute Gasteiger partial charge is 0.382 e. The number of para-hydroxylation sites is 2. The summed E-state index contributed by atoms with van der Waals surface area (Å²) in [7, 11) is 0. The fourth-order valence-corrected chi connectivity index (χ4v) is 4.11. The number of nitrogen functional groups attached to an aromatic ring is 1. The van der Waals surface area contributed by atoms with Gasteiger partial charge in [0.05, 0.1) is 28.2 Å². The second kappa shape index (κ2) is 10.5. The number of carbonyl (C=O) groups excluding carboxylic acids is 2. The number of aromatic nitrogens is 2. The van der Waals surface area contributed by atoms with E-state index in [1.807, 2.05) is 35.7 Å². The molecule has 0 unspecified atom stereocenters. The molecule has 0 atom stereocenters. The molecule has 170 valence electrons. The van der Waals surface area contributed by atoms with Crippen molar-refractivity contribution in [2.45, 2.75) is 12.8 Å². The van der Waals surface area contributed by atoms with Crippen molar-refractivity contribution in [2.24, 2.45) is 0 Å². The van der Waals surface area contributed by atoms with Gasteiger partial charge in [0, 0.05) is 11.9 Å². The Morgan fingerprint density at radius 3 is 2.56 bits per heavy atom. The SMILES string of the molecule is N#Cc1c(CCCNC(=O)c2ccccc2NC(=O)c2ccsc2)nn(-c2ccccc2)c1N. The number of rotatable bonds is 8. The molecular formula is C25H22N6O2S. The predicted molar refractivity (Wildman–Crippen MR) is 132 cm³/mol. The first-order valence-electron chi connectivity index (χ1n) is 10.6. The lowest BCUT2D eigenvalue weighted by Crippen LogP contribution is -2.26. The smallest absolute Gasteiger partial charge is 0.256 e. The van der Waals surface area contributed by atoms with Crippen LogP contribution in [0.2, 0.25) is 0 Å². The van der Waals surface area contributed by atoms with Gasteiger partial charge in [-0.25, -0.2) is 4.68 Å². The van der Waals surface area contributed by atoms with Gasteiger partial charge in [0.25, 0.3) is 11.8 Å². The highest BCUT2D eigenvalue weighted by Gasteiger charge is 2.17. The summed E-state index contributed by atoms with van der Waals surface area (Å²) in [5.41, 5.74) is 9.21. The Hall–Kier alpha value is -4.42. The summed E-state index contributed by atoms with van der Waals surface area (Å²) in [4.78, 5) is 25.1. The molecule has 9 heteroatoms. The standard InChI is InChI=1S/C25H22N6O2S/c26-15-20-22(30-31(23(20)27)18-7-2-1-3-8-18)11-6-13-28-25(33)19-9-4-5-10-21(19)29-24(32)17-12-14-34-16-17/h1-5,7-10,12,14,16H,6,11,13,27H2,(H,28,33)(H,29,32). The van der Waals surface area contributed by atoms with Crippen LogP contribution in [0.3, 0.4) is 0 Å². The van der Waals surface area contributed by atoms with E-state index in [0.717, 1.165) is 5.69 Å². The van der Waals surface area contributed by atoms with E-state index in [4.69, 9.17) is 5.73 Å². The van der Waals surface area contributed by atoms with Gasteiger partial charge in [-0.15, -0.1) is 0 Å². The summed E-state index contributed by atoms with van der Waals surface area (Å²) >= 11 is 1.43. The van der Waals surface area contributed by atoms with Crippen molar-refractivity contribution in [2.75, 3.05) is 17.6 Å². The summed E-state index contributed by atoms with van der Waals surface area (Å²) in [6, 6.07) is 20.1. The molecule has 4 rings (SSSR count). The zero-order valence-corrected chi connectivity index (χ0v) is 19.0. The van der Waals surface area contributed by atoms with E-state index in [2.05, 4.69) is 21.8 Å². The molecule has 0 aliphatic rings. The number of benzene rings is 2. The third-order valence-corrected chi connectivity index (χ3v) is 5.87. The first-order valence-corrected chi connectivity index (χ1v) is 11.6. The Morgan fingerprint density at radius 2 is 1.82 bits per heavy atom. The van der Waals surface area contributed by atoms with Crippen molar-refractivity contribution in [3.63, 3.8) is 0 Å². The summed E-state index contributed by atoms with van der Waals surface area (Å²) in [6.45, 7) is 0.370. The molecule has 0 aliphatic carbocycles. The van der Waals surface area contributed by atoms with Crippen LogP contribution >= 0.6 is 11.3 Å². The first kappa shape index (κ1) is 22.8. The molecule has 8 nitrogen and oxygen atoms in total. The minimum Gasteiger partial charge on any atom is -0.382 e. The van der Waals surface area contributed by atoms with Crippen LogP contribution in [0.15, 0.2) is 71.4 Å². The highest BCUT2D eigenvalue weighted by Crippen LogP contribution is 2.21. The molecule has 0 saturated carbocycles. The number of nitriles is 1. The average molecular weight is 471 g/mol. The minimum absolute atomic E-state index is 0.267. The van der Waals surface area contributed by atoms with E-state index in [1.54, 1.807) is 40.4 Å². The Labute approximate surface area is 200 Å². The van der Waals surface area contributed by atoms with Crippen molar-refractivity contribution in [3.05, 3.63) is 93.8 Å². The molecule has 4 aromatic rings. The molecule has 0 radical (unpaired) electrons. The number of carbonyl (C=O) groups is 2. The minimum atomic E-state index is -0.295. The van der Waals surface area contributed by atoms with Crippen molar-refractivity contribution < 1.29 is 9.59 Å². The monoisotopic (exact) mass is 470 g/mol. The summed E-state index contributed by atoms with van der Waals surface area (Å²) in [5.74, 6) is -0.267. The molecule has 0 fully saturated rings. The van der Waals surface area contributed by atoms with Gasteiger partial charge in [-0.3, -0.25) is 9.59 Å². The van der Waals surface area contributed by atoms with Crippen molar-refractivity contribution in [1.82, 2.24) is 15.1 Å². The third kappa shape index (κ3) is 4.98. The molecule has 2 aromatic carbocycles. The maximum atomic E-state index is 12.8. The van der Waals surface area contributed by atoms with Crippen LogP contribution in [0.5, 0.6) is 0 Å². The first-order chi connectivity index (χ1) is 16.6. The normalized spacial score (nSPS) is 10.4. The fraction of sp³-hybridized carbons (Fsp3) is 0.120. The fourth-order valence-electron chi connectivity index (χ4n) is 3.47. The average Bonchev–Trinajstić information content (AvgIpc) is 3.51. The van der Waals surface area contributed by atoms with Crippen LogP contribution in [0.1, 0.15) is 38.4 Å². The van der Waals surface area contributed by atoms with Gasteiger partial charge in [0.2, 0.25) is 0 Å². The number of nitrogens with zero attached hydrogens (tertiary/aromatic N) is 3. The molecule has 0 spiro atoms. The number of amides is 2. The van der Waals surface area contributed by atoms with E-state index in [1.165, 1.54) is 11.3 Å². The Bertz CT molecular complexity index is 1340. The van der Waals surface area contributed by atoms with Crippen LogP contribution in [0.25, 0.3) is 5.69 Å². The van der Waals surface area contributed by atoms with E-state index >= 15 is 0 Å². The van der Waals surface area contributed by atoms with Crippen molar-refractivity contribution in [1.29, 1.82) is 5.26 Å². The number of thiophene rings is 1. The quantitative estimate of drug-likeness (QED) is 0.336. The van der Waals surface area contributed by atoms with Crippen LogP contribution in [-0.2, 0) is 6.42 Å². The maximum Gasteiger partial charge on any atom is 0.256 e. The molecule has 2 amide bonds. The molecular weight excluding hydrogens is 448 g/mol. The lowest BCUT2D eigenvalue weighted by molar-refractivity contribution is 0.0954. The van der Waals surface area contributed by atoms with Gasteiger partial charge in [0.1, 0.15) is 17.5 Å². The van der Waals surface area contributed by atoms with Gasteiger partial charge >= 0.3 is 0 Å². The van der Waals surface area contributed by atoms with Crippen molar-refractivity contribution >= 4 is 34.7 Å². The summed E-state index contributed by atoms with van der Waals surface area (Å²) < 4.78 is 1.55. The number of aryl methyl sites for hydroxylation is 1. The number of anilines is 2. The summed E-state index contributed by atoms with van der Waals surface area (Å²) in [5, 5.41) is 23.3. The maximum absolute atomic E-state index is 12.8. The van der Waals surface area contributed by atoms with E-state index in [9.17, 15) is 14.9 Å². The predicted octanol–water partition coefficient (Wildman–Crippen LogP) is 4.00. The van der Waals surface area contributed by atoms with Crippen LogP contribution in [0.4, 0.5) is 11.5 Å². The Balaban J connectivity index is 1.38. The molecule has 2 heterocycles. The van der Waals surface area contributed by atoms with Gasteiger partial charge in [0.15, 0.2) is 0 Å². The Morgan fingerprint density at radius 1 is 1.06 bits per heavy atom. The Kier molecular flexibility index (Phi) is 7.01. The summed E-state index contributed by atoms with van der Waals surface area (Å²) in [6.07, 6.45) is 1.04. The zero-order valence-electron chi connectivity index (χ0n) is 18.2. The second-order valence-electron chi connectivity index (χ2n) is 7.44. The van der Waals surface area contributed by atoms with Gasteiger partial charge in [-0.1, -0.05) is 30.3 Å². The number of nitrogens with two attached hydrogens (primary N) is 1. The lowest BCUT2D eigenvalue weighted by atomic mass is 10.1. The number of nitrogens with one attached hydrogen (secondary N) is 2. The van der Waals surface area contributed by atoms with E-state index in [-0.39, 0.29) is 11.8 Å². The van der Waals surface area contributed by atoms with Gasteiger partial charge < -0.3 is 16.4 Å².